The van der Waals surface area contributed by atoms with Crippen molar-refractivity contribution in [2.45, 2.75) is 64.1 Å². The van der Waals surface area contributed by atoms with Gasteiger partial charge < -0.3 is 10.2 Å². The van der Waals surface area contributed by atoms with E-state index >= 15 is 0 Å². The van der Waals surface area contributed by atoms with Gasteiger partial charge >= 0.3 is 0 Å². The van der Waals surface area contributed by atoms with Crippen LogP contribution in [0.25, 0.3) is 0 Å². The Kier molecular flexibility index (Phi) is 10.9. The molecular weight excluding hydrogens is 625 g/mol. The summed E-state index contributed by atoms with van der Waals surface area (Å²) in [5.41, 5.74) is 2.48. The van der Waals surface area contributed by atoms with Gasteiger partial charge in [-0.3, -0.25) is 13.9 Å². The molecule has 7 nitrogen and oxygen atoms in total. The number of anilines is 1. The molecule has 0 radical (unpaired) electrons. The largest absolute Gasteiger partial charge is 0.350 e. The Labute approximate surface area is 276 Å². The predicted molar refractivity (Wildman–Crippen MR) is 181 cm³/mol. The summed E-state index contributed by atoms with van der Waals surface area (Å²) in [4.78, 5) is 29.9. The van der Waals surface area contributed by atoms with Gasteiger partial charge in [0.2, 0.25) is 11.8 Å². The van der Waals surface area contributed by atoms with Crippen LogP contribution in [0.4, 0.5) is 10.1 Å². The lowest BCUT2D eigenvalue weighted by atomic mass is 10.0. The number of sulfonamides is 1. The molecule has 46 heavy (non-hydrogen) atoms. The molecule has 242 valence electrons. The molecule has 2 amide bonds. The molecule has 0 spiro atoms. The molecule has 0 aromatic heterocycles. The maximum Gasteiger partial charge on any atom is 0.264 e. The first-order valence-electron chi connectivity index (χ1n) is 14.9. The van der Waals surface area contributed by atoms with Crippen molar-refractivity contribution in [2.75, 3.05) is 10.8 Å². The summed E-state index contributed by atoms with van der Waals surface area (Å²) in [6.45, 7) is 8.43. The normalized spacial score (nSPS) is 12.3. The van der Waals surface area contributed by atoms with Crippen LogP contribution in [0.15, 0.2) is 102 Å². The number of hydrogen-bond donors (Lipinski definition) is 1. The Morgan fingerprint density at radius 2 is 1.50 bits per heavy atom. The van der Waals surface area contributed by atoms with Gasteiger partial charge in [-0.05, 0) is 93.8 Å². The maximum absolute atomic E-state index is 14.6. The first-order chi connectivity index (χ1) is 21.6. The number of halogens is 2. The van der Waals surface area contributed by atoms with E-state index in [9.17, 15) is 22.4 Å². The van der Waals surface area contributed by atoms with Crippen molar-refractivity contribution in [1.82, 2.24) is 10.2 Å². The zero-order chi connectivity index (χ0) is 33.6. The average Bonchev–Trinajstić information content (AvgIpc) is 2.98. The molecule has 1 N–H and O–H groups in total. The average molecular weight is 664 g/mol. The van der Waals surface area contributed by atoms with Crippen LogP contribution >= 0.6 is 11.6 Å². The third-order valence-corrected chi connectivity index (χ3v) is 9.36. The van der Waals surface area contributed by atoms with E-state index in [-0.39, 0.29) is 23.5 Å². The van der Waals surface area contributed by atoms with Gasteiger partial charge in [-0.2, -0.15) is 0 Å². The molecule has 0 fully saturated rings. The van der Waals surface area contributed by atoms with Gasteiger partial charge in [0.15, 0.2) is 0 Å². The Balaban J connectivity index is 1.84. The maximum atomic E-state index is 14.6. The molecule has 1 unspecified atom stereocenters. The number of benzene rings is 4. The summed E-state index contributed by atoms with van der Waals surface area (Å²) in [5.74, 6) is -1.46. The number of aryl methyl sites for hydroxylation is 2. The molecule has 0 bridgehead atoms. The quantitative estimate of drug-likeness (QED) is 0.190. The lowest BCUT2D eigenvalue weighted by molar-refractivity contribution is -0.140. The number of carbonyl (C=O) groups excluding carboxylic acids is 2. The van der Waals surface area contributed by atoms with Gasteiger partial charge in [0.25, 0.3) is 10.0 Å². The van der Waals surface area contributed by atoms with Gasteiger partial charge in [0, 0.05) is 23.5 Å². The molecule has 4 aromatic carbocycles. The Morgan fingerprint density at radius 3 is 2.09 bits per heavy atom. The van der Waals surface area contributed by atoms with Crippen LogP contribution < -0.4 is 9.62 Å². The molecule has 0 aliphatic carbocycles. The van der Waals surface area contributed by atoms with Crippen LogP contribution in [0.3, 0.4) is 0 Å². The third kappa shape index (κ3) is 8.95. The molecule has 1 atom stereocenters. The minimum absolute atomic E-state index is 0.0108. The van der Waals surface area contributed by atoms with E-state index in [2.05, 4.69) is 5.32 Å². The summed E-state index contributed by atoms with van der Waals surface area (Å²) in [6, 6.07) is 25.0. The second-order valence-electron chi connectivity index (χ2n) is 12.3. The number of hydrogen-bond acceptors (Lipinski definition) is 4. The molecule has 0 saturated heterocycles. The fraction of sp³-hybridized carbons (Fsp3) is 0.278. The topological polar surface area (TPSA) is 86.8 Å². The monoisotopic (exact) mass is 663 g/mol. The fourth-order valence-electron chi connectivity index (χ4n) is 5.04. The molecule has 4 rings (SSSR count). The number of carbonyl (C=O) groups is 2. The van der Waals surface area contributed by atoms with Crippen LogP contribution in [0.5, 0.6) is 0 Å². The summed E-state index contributed by atoms with van der Waals surface area (Å²) in [7, 11) is -4.25. The summed E-state index contributed by atoms with van der Waals surface area (Å²) in [6.07, 6.45) is 0.167. The van der Waals surface area contributed by atoms with E-state index in [0.717, 1.165) is 15.4 Å². The number of nitrogens with zero attached hydrogens (tertiary/aromatic N) is 2. The highest BCUT2D eigenvalue weighted by Gasteiger charge is 2.36. The van der Waals surface area contributed by atoms with Crippen LogP contribution in [0, 0.1) is 19.7 Å². The lowest BCUT2D eigenvalue weighted by Gasteiger charge is -2.35. The van der Waals surface area contributed by atoms with E-state index < -0.39 is 45.8 Å². The minimum atomic E-state index is -4.25. The summed E-state index contributed by atoms with van der Waals surface area (Å²) >= 11 is 6.22. The fourth-order valence-corrected chi connectivity index (χ4v) is 6.75. The Hall–Kier alpha value is -4.21. The van der Waals surface area contributed by atoms with Gasteiger partial charge in [-0.15, -0.1) is 0 Å². The predicted octanol–water partition coefficient (Wildman–Crippen LogP) is 6.85. The molecule has 4 aromatic rings. The van der Waals surface area contributed by atoms with E-state index in [4.69, 9.17) is 11.6 Å². The molecule has 0 heterocycles. The zero-order valence-corrected chi connectivity index (χ0v) is 28.2. The third-order valence-electron chi connectivity index (χ3n) is 7.35. The van der Waals surface area contributed by atoms with Crippen molar-refractivity contribution in [1.29, 1.82) is 0 Å². The Morgan fingerprint density at radius 1 is 0.870 bits per heavy atom. The van der Waals surface area contributed by atoms with E-state index in [0.29, 0.717) is 16.1 Å². The second kappa shape index (κ2) is 14.5. The highest BCUT2D eigenvalue weighted by atomic mass is 35.5. The van der Waals surface area contributed by atoms with Crippen molar-refractivity contribution >= 4 is 39.1 Å². The van der Waals surface area contributed by atoms with Gasteiger partial charge in [0.05, 0.1) is 10.6 Å². The molecular formula is C36H39ClFN3O4S. The van der Waals surface area contributed by atoms with Crippen molar-refractivity contribution in [3.63, 3.8) is 0 Å². The zero-order valence-electron chi connectivity index (χ0n) is 26.6. The number of amides is 2. The van der Waals surface area contributed by atoms with Crippen molar-refractivity contribution in [2.24, 2.45) is 0 Å². The molecule has 0 aliphatic heterocycles. The number of rotatable bonds is 11. The summed E-state index contributed by atoms with van der Waals surface area (Å²) in [5, 5.41) is 3.41. The Bertz CT molecular complexity index is 1780. The highest BCUT2D eigenvalue weighted by molar-refractivity contribution is 7.92. The standard InChI is InChI=1S/C36H39ClFN3O4S/c1-25-11-18-31(19-12-25)46(44,45)41(32-20-15-29(37)21-26(32)2)24-34(42)40(23-28-13-16-30(38)17-14-28)33(35(43)39-36(3,4)5)22-27-9-7-6-8-10-27/h6-21,33H,22-24H2,1-5H3,(H,39,43). The van der Waals surface area contributed by atoms with E-state index in [1.807, 2.05) is 58.0 Å². The molecule has 0 aliphatic rings. The smallest absolute Gasteiger partial charge is 0.264 e. The summed E-state index contributed by atoms with van der Waals surface area (Å²) < 4.78 is 43.4. The first kappa shape index (κ1) is 34.7. The van der Waals surface area contributed by atoms with Crippen molar-refractivity contribution in [3.8, 4) is 0 Å². The first-order valence-corrected chi connectivity index (χ1v) is 16.7. The number of nitrogens with one attached hydrogen (secondary N) is 1. The molecule has 0 saturated carbocycles. The van der Waals surface area contributed by atoms with Crippen molar-refractivity contribution < 1.29 is 22.4 Å². The second-order valence-corrected chi connectivity index (χ2v) is 14.6. The van der Waals surface area contributed by atoms with Crippen molar-refractivity contribution in [3.05, 3.63) is 130 Å². The SMILES string of the molecule is Cc1ccc(S(=O)(=O)N(CC(=O)N(Cc2ccc(F)cc2)C(Cc2ccccc2)C(=O)NC(C)(C)C)c2ccc(Cl)cc2C)cc1. The van der Waals surface area contributed by atoms with Gasteiger partial charge in [0.1, 0.15) is 18.4 Å². The van der Waals surface area contributed by atoms with Crippen LogP contribution in [0.2, 0.25) is 5.02 Å². The van der Waals surface area contributed by atoms with Crippen LogP contribution in [-0.4, -0.2) is 43.3 Å². The molecule has 10 heteroatoms. The lowest BCUT2D eigenvalue weighted by Crippen LogP contribution is -2.56. The van der Waals surface area contributed by atoms with Crippen LogP contribution in [-0.2, 0) is 32.6 Å². The van der Waals surface area contributed by atoms with Crippen LogP contribution in [0.1, 0.15) is 43.0 Å². The minimum Gasteiger partial charge on any atom is -0.350 e. The highest BCUT2D eigenvalue weighted by Crippen LogP contribution is 2.30. The van der Waals surface area contributed by atoms with E-state index in [1.54, 1.807) is 49.4 Å². The van der Waals surface area contributed by atoms with Gasteiger partial charge in [-0.1, -0.05) is 71.8 Å². The van der Waals surface area contributed by atoms with Gasteiger partial charge in [-0.25, -0.2) is 12.8 Å². The van der Waals surface area contributed by atoms with E-state index in [1.165, 1.54) is 29.2 Å².